The van der Waals surface area contributed by atoms with Gasteiger partial charge >= 0.3 is 0 Å². The smallest absolute Gasteiger partial charge is 0.170 e. The van der Waals surface area contributed by atoms with Crippen LogP contribution in [0.3, 0.4) is 0 Å². The van der Waals surface area contributed by atoms with Crippen molar-refractivity contribution in [1.29, 1.82) is 0 Å². The van der Waals surface area contributed by atoms with Crippen LogP contribution in [0.2, 0.25) is 5.02 Å². The summed E-state index contributed by atoms with van der Waals surface area (Å²) in [6, 6.07) is 15.9. The Kier molecular flexibility index (Phi) is 4.94. The molecule has 3 aromatic rings. The number of rotatable bonds is 2. The second kappa shape index (κ2) is 7.65. The normalized spacial score (nSPS) is 17.4. The van der Waals surface area contributed by atoms with Crippen LogP contribution < -0.4 is 9.64 Å². The zero-order valence-electron chi connectivity index (χ0n) is 17.7. The molecule has 3 heterocycles. The molecule has 6 heteroatoms. The maximum absolute atomic E-state index is 12.8. The molecule has 0 amide bonds. The van der Waals surface area contributed by atoms with Crippen LogP contribution in [-0.2, 0) is 0 Å². The van der Waals surface area contributed by atoms with Gasteiger partial charge in [0.25, 0.3) is 0 Å². The number of Topliss-reactive ketones (excluding diaryl/α,β-unsaturated/α-hetero) is 1. The first-order valence-corrected chi connectivity index (χ1v) is 11.0. The zero-order valence-corrected chi connectivity index (χ0v) is 18.4. The molecule has 5 rings (SSSR count). The number of aryl methyl sites for hydroxylation is 2. The van der Waals surface area contributed by atoms with E-state index in [9.17, 15) is 4.79 Å². The average Bonchev–Trinajstić information content (AvgIpc) is 2.77. The third-order valence-corrected chi connectivity index (χ3v) is 6.77. The van der Waals surface area contributed by atoms with Crippen molar-refractivity contribution in [3.8, 4) is 17.0 Å². The van der Waals surface area contributed by atoms with Crippen LogP contribution in [0.1, 0.15) is 40.7 Å². The second-order valence-corrected chi connectivity index (χ2v) is 9.02. The van der Waals surface area contributed by atoms with Gasteiger partial charge in [-0.25, -0.2) is 0 Å². The van der Waals surface area contributed by atoms with E-state index in [1.165, 1.54) is 5.56 Å². The van der Waals surface area contributed by atoms with Crippen LogP contribution in [0.15, 0.2) is 48.5 Å². The summed E-state index contributed by atoms with van der Waals surface area (Å²) in [4.78, 5) is 15.0. The summed E-state index contributed by atoms with van der Waals surface area (Å²) in [5.74, 6) is 1.63. The van der Waals surface area contributed by atoms with Crippen molar-refractivity contribution in [2.24, 2.45) is 0 Å². The number of ether oxygens (including phenoxy) is 1. The van der Waals surface area contributed by atoms with Crippen LogP contribution >= 0.6 is 11.6 Å². The van der Waals surface area contributed by atoms with Crippen molar-refractivity contribution in [3.05, 3.63) is 70.2 Å². The predicted molar refractivity (Wildman–Crippen MR) is 122 cm³/mol. The number of carbonyl (C=O) groups excluding carboxylic acids is 1. The number of hydrogen-bond donors (Lipinski definition) is 0. The highest BCUT2D eigenvalue weighted by Gasteiger charge is 2.43. The SMILES string of the molecule is Cc1ccc(-c2ccc(N3CCC4(CC3)CC(=O)c3cc(Cl)c(C)cc3O4)nn2)cc1. The van der Waals surface area contributed by atoms with Gasteiger partial charge in [-0.15, -0.1) is 10.2 Å². The third kappa shape index (κ3) is 3.79. The van der Waals surface area contributed by atoms with Crippen molar-refractivity contribution >= 4 is 23.2 Å². The van der Waals surface area contributed by atoms with Crippen molar-refractivity contribution < 1.29 is 9.53 Å². The van der Waals surface area contributed by atoms with E-state index in [-0.39, 0.29) is 5.78 Å². The first-order valence-electron chi connectivity index (χ1n) is 10.6. The molecular weight excluding hydrogens is 410 g/mol. The number of carbonyl (C=O) groups is 1. The van der Waals surface area contributed by atoms with Crippen molar-refractivity contribution in [2.45, 2.75) is 38.7 Å². The minimum absolute atomic E-state index is 0.110. The summed E-state index contributed by atoms with van der Waals surface area (Å²) >= 11 is 6.20. The molecule has 2 aromatic carbocycles. The van der Waals surface area contributed by atoms with Gasteiger partial charge in [0.1, 0.15) is 11.4 Å². The molecule has 158 valence electrons. The largest absolute Gasteiger partial charge is 0.486 e. The number of fused-ring (bicyclic) bond motifs is 1. The van der Waals surface area contributed by atoms with E-state index in [4.69, 9.17) is 16.3 Å². The van der Waals surface area contributed by atoms with Crippen molar-refractivity contribution in [2.75, 3.05) is 18.0 Å². The third-order valence-electron chi connectivity index (χ3n) is 6.37. The van der Waals surface area contributed by atoms with Crippen molar-refractivity contribution in [3.63, 3.8) is 0 Å². The Balaban J connectivity index is 1.29. The summed E-state index contributed by atoms with van der Waals surface area (Å²) in [6.07, 6.45) is 1.92. The molecule has 2 aliphatic heterocycles. The molecular formula is C25H24ClN3O2. The molecule has 0 bridgehead atoms. The fourth-order valence-corrected chi connectivity index (χ4v) is 4.57. The number of aromatic nitrogens is 2. The van der Waals surface area contributed by atoms with E-state index in [1.54, 1.807) is 6.07 Å². The maximum Gasteiger partial charge on any atom is 0.170 e. The summed E-state index contributed by atoms with van der Waals surface area (Å²) in [6.45, 7) is 5.54. The van der Waals surface area contributed by atoms with E-state index >= 15 is 0 Å². The van der Waals surface area contributed by atoms with Crippen molar-refractivity contribution in [1.82, 2.24) is 10.2 Å². The standard InChI is InChI=1S/C25H24ClN3O2/c1-16-3-5-18(6-4-16)21-7-8-24(28-27-21)29-11-9-25(10-12-29)15-22(30)19-14-20(26)17(2)13-23(19)31-25/h3-8,13-14H,9-12,15H2,1-2H3. The topological polar surface area (TPSA) is 55.3 Å². The first-order chi connectivity index (χ1) is 14.9. The minimum Gasteiger partial charge on any atom is -0.486 e. The molecule has 0 aliphatic carbocycles. The molecule has 0 N–H and O–H groups in total. The molecule has 2 aliphatic rings. The van der Waals surface area contributed by atoms with Gasteiger partial charge in [0.2, 0.25) is 0 Å². The lowest BCUT2D eigenvalue weighted by Crippen LogP contribution is -2.51. The summed E-state index contributed by atoms with van der Waals surface area (Å²) in [5, 5.41) is 9.49. The lowest BCUT2D eigenvalue weighted by atomic mass is 9.82. The van der Waals surface area contributed by atoms with Gasteiger partial charge in [-0.2, -0.15) is 0 Å². The first kappa shape index (κ1) is 20.0. The second-order valence-electron chi connectivity index (χ2n) is 8.61. The number of halogens is 1. The van der Waals surface area contributed by atoms with Gasteiger partial charge in [0.15, 0.2) is 11.6 Å². The Bertz CT molecular complexity index is 1130. The molecule has 1 spiro atoms. The zero-order chi connectivity index (χ0) is 21.6. The van der Waals surface area contributed by atoms with E-state index in [0.29, 0.717) is 22.8 Å². The number of ketones is 1. The minimum atomic E-state index is -0.448. The van der Waals surface area contributed by atoms with Gasteiger partial charge in [0.05, 0.1) is 17.7 Å². The molecule has 1 aromatic heterocycles. The quantitative estimate of drug-likeness (QED) is 0.540. The highest BCUT2D eigenvalue weighted by molar-refractivity contribution is 6.31. The van der Waals surface area contributed by atoms with Gasteiger partial charge in [0, 0.05) is 36.5 Å². The molecule has 31 heavy (non-hydrogen) atoms. The molecule has 0 unspecified atom stereocenters. The highest BCUT2D eigenvalue weighted by atomic mass is 35.5. The number of benzene rings is 2. The number of hydrogen-bond acceptors (Lipinski definition) is 5. The van der Waals surface area contributed by atoms with Crippen LogP contribution in [-0.4, -0.2) is 34.7 Å². The highest BCUT2D eigenvalue weighted by Crippen LogP contribution is 2.41. The monoisotopic (exact) mass is 433 g/mol. The Morgan fingerprint density at radius 3 is 2.42 bits per heavy atom. The molecule has 1 saturated heterocycles. The lowest BCUT2D eigenvalue weighted by molar-refractivity contribution is 0.0230. The predicted octanol–water partition coefficient (Wildman–Crippen LogP) is 5.42. The Morgan fingerprint density at radius 1 is 1.00 bits per heavy atom. The van der Waals surface area contributed by atoms with Gasteiger partial charge in [-0.05, 0) is 43.7 Å². The fraction of sp³-hybridized carbons (Fsp3) is 0.320. The number of anilines is 1. The summed E-state index contributed by atoms with van der Waals surface area (Å²) in [5.41, 5.74) is 4.22. The van der Waals surface area contributed by atoms with E-state index in [0.717, 1.165) is 48.6 Å². The Hall–Kier alpha value is -2.92. The molecule has 5 nitrogen and oxygen atoms in total. The molecule has 1 fully saturated rings. The average molecular weight is 434 g/mol. The summed E-state index contributed by atoms with van der Waals surface area (Å²) < 4.78 is 6.40. The number of nitrogens with zero attached hydrogens (tertiary/aromatic N) is 3. The Morgan fingerprint density at radius 2 is 1.74 bits per heavy atom. The fourth-order valence-electron chi connectivity index (χ4n) is 4.41. The van der Waals surface area contributed by atoms with Gasteiger partial charge in [-0.3, -0.25) is 4.79 Å². The molecule has 0 atom stereocenters. The molecule has 0 radical (unpaired) electrons. The number of piperidine rings is 1. The molecule has 0 saturated carbocycles. The lowest BCUT2D eigenvalue weighted by Gasteiger charge is -2.44. The summed E-state index contributed by atoms with van der Waals surface area (Å²) in [7, 11) is 0. The Labute approximate surface area is 187 Å². The van der Waals surface area contributed by atoms with Crippen LogP contribution in [0.25, 0.3) is 11.3 Å². The van der Waals surface area contributed by atoms with Crippen LogP contribution in [0.4, 0.5) is 5.82 Å². The van der Waals surface area contributed by atoms with E-state index in [2.05, 4.69) is 46.3 Å². The van der Waals surface area contributed by atoms with Gasteiger partial charge < -0.3 is 9.64 Å². The van der Waals surface area contributed by atoms with Crippen LogP contribution in [0, 0.1) is 13.8 Å². The van der Waals surface area contributed by atoms with Gasteiger partial charge in [-0.1, -0.05) is 41.4 Å². The van der Waals surface area contributed by atoms with Crippen LogP contribution in [0.5, 0.6) is 5.75 Å². The maximum atomic E-state index is 12.8. The van der Waals surface area contributed by atoms with E-state index in [1.807, 2.05) is 25.1 Å². The van der Waals surface area contributed by atoms with E-state index < -0.39 is 5.60 Å².